The van der Waals surface area contributed by atoms with E-state index in [2.05, 4.69) is 4.98 Å². The molecule has 1 aromatic heterocycles. The molecule has 2 aromatic rings. The molecule has 4 nitrogen and oxygen atoms in total. The van der Waals surface area contributed by atoms with Crippen LogP contribution in [-0.4, -0.2) is 16.1 Å². The van der Waals surface area contributed by atoms with Crippen molar-refractivity contribution in [2.45, 2.75) is 13.3 Å². The maximum atomic E-state index is 13.8. The van der Waals surface area contributed by atoms with Crippen LogP contribution in [0.15, 0.2) is 22.6 Å². The van der Waals surface area contributed by atoms with E-state index in [1.54, 1.807) is 6.92 Å². The summed E-state index contributed by atoms with van der Waals surface area (Å²) in [6, 6.07) is 4.36. The van der Waals surface area contributed by atoms with Gasteiger partial charge in [0.1, 0.15) is 0 Å². The molecule has 94 valence electrons. The van der Waals surface area contributed by atoms with Gasteiger partial charge in [-0.1, -0.05) is 24.6 Å². The third-order valence-electron chi connectivity index (χ3n) is 2.41. The zero-order chi connectivity index (χ0) is 13.3. The van der Waals surface area contributed by atoms with Crippen molar-refractivity contribution in [2.24, 2.45) is 0 Å². The molecule has 1 aromatic carbocycles. The summed E-state index contributed by atoms with van der Waals surface area (Å²) in [6.07, 6.45) is 0.382. The largest absolute Gasteiger partial charge is 0.475 e. The monoisotopic (exact) mass is 269 g/mol. The number of nitrogens with zero attached hydrogens (tertiary/aromatic N) is 1. The molecule has 6 heteroatoms. The fourth-order valence-electron chi connectivity index (χ4n) is 1.54. The van der Waals surface area contributed by atoms with Crippen LogP contribution in [0.3, 0.4) is 0 Å². The van der Waals surface area contributed by atoms with Gasteiger partial charge in [-0.3, -0.25) is 0 Å². The second-order valence-electron chi connectivity index (χ2n) is 3.55. The van der Waals surface area contributed by atoms with E-state index in [9.17, 15) is 9.18 Å². The van der Waals surface area contributed by atoms with Gasteiger partial charge >= 0.3 is 5.97 Å². The molecule has 0 aliphatic heterocycles. The summed E-state index contributed by atoms with van der Waals surface area (Å²) in [5, 5.41) is 8.86. The Morgan fingerprint density at radius 3 is 2.83 bits per heavy atom. The third-order valence-corrected chi connectivity index (χ3v) is 2.70. The number of rotatable bonds is 3. The quantitative estimate of drug-likeness (QED) is 0.927. The predicted octanol–water partition coefficient (Wildman–Crippen LogP) is 3.39. The van der Waals surface area contributed by atoms with E-state index in [0.717, 1.165) is 0 Å². The van der Waals surface area contributed by atoms with Crippen LogP contribution in [0.25, 0.3) is 11.5 Å². The molecular weight excluding hydrogens is 261 g/mol. The van der Waals surface area contributed by atoms with E-state index in [4.69, 9.17) is 21.1 Å². The lowest BCUT2D eigenvalue weighted by atomic mass is 10.2. The van der Waals surface area contributed by atoms with Gasteiger partial charge in [-0.15, -0.1) is 0 Å². The van der Waals surface area contributed by atoms with Gasteiger partial charge in [-0.25, -0.2) is 14.2 Å². The fraction of sp³-hybridized carbons (Fsp3) is 0.167. The number of aromatic nitrogens is 1. The molecule has 1 heterocycles. The predicted molar refractivity (Wildman–Crippen MR) is 63.2 cm³/mol. The highest BCUT2D eigenvalue weighted by molar-refractivity contribution is 6.31. The summed E-state index contributed by atoms with van der Waals surface area (Å²) >= 11 is 5.65. The number of aromatic carboxylic acids is 1. The molecule has 0 fully saturated rings. The van der Waals surface area contributed by atoms with Crippen molar-refractivity contribution in [1.29, 1.82) is 0 Å². The standard InChI is InChI=1S/C12H9ClFNO3/c1-2-8-10(12(16)17)18-11(15-8)6-4-3-5-7(13)9(6)14/h3-5H,2H2,1H3,(H,16,17). The molecule has 0 unspecified atom stereocenters. The van der Waals surface area contributed by atoms with E-state index in [1.165, 1.54) is 18.2 Å². The summed E-state index contributed by atoms with van der Waals surface area (Å²) in [7, 11) is 0. The molecule has 0 amide bonds. The van der Waals surface area contributed by atoms with Crippen molar-refractivity contribution in [3.8, 4) is 11.5 Å². The zero-order valence-corrected chi connectivity index (χ0v) is 10.2. The maximum absolute atomic E-state index is 13.8. The normalized spacial score (nSPS) is 10.6. The van der Waals surface area contributed by atoms with Gasteiger partial charge in [0.2, 0.25) is 11.7 Å². The van der Waals surface area contributed by atoms with E-state index < -0.39 is 11.8 Å². The summed E-state index contributed by atoms with van der Waals surface area (Å²) < 4.78 is 18.8. The lowest BCUT2D eigenvalue weighted by Gasteiger charge is -1.99. The van der Waals surface area contributed by atoms with Crippen molar-refractivity contribution < 1.29 is 18.7 Å². The Kier molecular flexibility index (Phi) is 3.34. The van der Waals surface area contributed by atoms with Crippen LogP contribution in [0, 0.1) is 5.82 Å². The number of benzene rings is 1. The zero-order valence-electron chi connectivity index (χ0n) is 9.41. The van der Waals surface area contributed by atoms with Gasteiger partial charge in [0, 0.05) is 0 Å². The Balaban J connectivity index is 2.58. The Morgan fingerprint density at radius 2 is 2.28 bits per heavy atom. The van der Waals surface area contributed by atoms with Crippen molar-refractivity contribution in [3.05, 3.63) is 40.5 Å². The van der Waals surface area contributed by atoms with Crippen LogP contribution in [0.1, 0.15) is 23.2 Å². The molecule has 0 aliphatic carbocycles. The summed E-state index contributed by atoms with van der Waals surface area (Å²) in [6.45, 7) is 1.74. The van der Waals surface area contributed by atoms with Gasteiger partial charge in [-0.2, -0.15) is 0 Å². The first-order valence-corrected chi connectivity index (χ1v) is 5.59. The molecule has 0 aliphatic rings. The van der Waals surface area contributed by atoms with Gasteiger partial charge < -0.3 is 9.52 Å². The van der Waals surface area contributed by atoms with Gasteiger partial charge in [0.05, 0.1) is 16.3 Å². The first kappa shape index (κ1) is 12.6. The van der Waals surface area contributed by atoms with Crippen LogP contribution in [0.4, 0.5) is 4.39 Å². The maximum Gasteiger partial charge on any atom is 0.373 e. The number of carbonyl (C=O) groups is 1. The average Bonchev–Trinajstić information content (AvgIpc) is 2.76. The highest BCUT2D eigenvalue weighted by Crippen LogP contribution is 2.28. The number of hydrogen-bond acceptors (Lipinski definition) is 3. The number of aryl methyl sites for hydroxylation is 1. The Bertz CT molecular complexity index is 609. The van der Waals surface area contributed by atoms with Crippen LogP contribution in [0.2, 0.25) is 5.02 Å². The molecule has 0 spiro atoms. The SMILES string of the molecule is CCc1nc(-c2cccc(Cl)c2F)oc1C(=O)O. The third kappa shape index (κ3) is 2.09. The van der Waals surface area contributed by atoms with Crippen LogP contribution in [-0.2, 0) is 6.42 Å². The topological polar surface area (TPSA) is 63.3 Å². The minimum Gasteiger partial charge on any atom is -0.475 e. The number of carboxylic acids is 1. The Morgan fingerprint density at radius 1 is 1.56 bits per heavy atom. The number of oxazole rings is 1. The molecule has 0 radical (unpaired) electrons. The van der Waals surface area contributed by atoms with Crippen molar-refractivity contribution in [2.75, 3.05) is 0 Å². The molecule has 2 rings (SSSR count). The molecule has 0 atom stereocenters. The van der Waals surface area contributed by atoms with E-state index in [1.807, 2.05) is 0 Å². The number of hydrogen-bond donors (Lipinski definition) is 1. The number of halogens is 2. The van der Waals surface area contributed by atoms with Gasteiger partial charge in [0.25, 0.3) is 0 Å². The first-order chi connectivity index (χ1) is 8.54. The molecular formula is C12H9ClFNO3. The molecule has 0 bridgehead atoms. The molecule has 0 saturated heterocycles. The minimum absolute atomic E-state index is 0.0460. The van der Waals surface area contributed by atoms with Crippen LogP contribution < -0.4 is 0 Å². The van der Waals surface area contributed by atoms with Crippen molar-refractivity contribution >= 4 is 17.6 Å². The smallest absolute Gasteiger partial charge is 0.373 e. The molecule has 1 N–H and O–H groups in total. The Hall–Kier alpha value is -1.88. The summed E-state index contributed by atoms with van der Waals surface area (Å²) in [5.41, 5.74) is 0.321. The Labute approximate surface area is 107 Å². The highest BCUT2D eigenvalue weighted by Gasteiger charge is 2.21. The van der Waals surface area contributed by atoms with Crippen LogP contribution >= 0.6 is 11.6 Å². The molecule has 18 heavy (non-hydrogen) atoms. The lowest BCUT2D eigenvalue weighted by Crippen LogP contribution is -1.98. The van der Waals surface area contributed by atoms with Crippen molar-refractivity contribution in [1.82, 2.24) is 4.98 Å². The second kappa shape index (κ2) is 4.78. The number of carboxylic acid groups (broad SMARTS) is 1. The first-order valence-electron chi connectivity index (χ1n) is 5.22. The van der Waals surface area contributed by atoms with Gasteiger partial charge in [-0.05, 0) is 18.6 Å². The fourth-order valence-corrected chi connectivity index (χ4v) is 1.72. The van der Waals surface area contributed by atoms with Crippen molar-refractivity contribution in [3.63, 3.8) is 0 Å². The van der Waals surface area contributed by atoms with E-state index in [0.29, 0.717) is 6.42 Å². The van der Waals surface area contributed by atoms with Crippen LogP contribution in [0.5, 0.6) is 0 Å². The molecule has 0 saturated carbocycles. The van der Waals surface area contributed by atoms with E-state index >= 15 is 0 Å². The summed E-state index contributed by atoms with van der Waals surface area (Å²) in [5.74, 6) is -2.26. The minimum atomic E-state index is -1.23. The lowest BCUT2D eigenvalue weighted by molar-refractivity contribution is 0.0661. The van der Waals surface area contributed by atoms with Gasteiger partial charge in [0.15, 0.2) is 5.82 Å². The highest BCUT2D eigenvalue weighted by atomic mass is 35.5. The average molecular weight is 270 g/mol. The second-order valence-corrected chi connectivity index (χ2v) is 3.96. The van der Waals surface area contributed by atoms with E-state index in [-0.39, 0.29) is 27.9 Å². The summed E-state index contributed by atoms with van der Waals surface area (Å²) in [4.78, 5) is 14.9.